The van der Waals surface area contributed by atoms with Crippen LogP contribution >= 0.6 is 0 Å². The molecular weight excluding hydrogens is 212 g/mol. The molecule has 0 N–H and O–H groups in total. The van der Waals surface area contributed by atoms with Gasteiger partial charge >= 0.3 is 0 Å². The Morgan fingerprint density at radius 2 is 2.29 bits per heavy atom. The minimum absolute atomic E-state index is 0.162. The van der Waals surface area contributed by atoms with Crippen molar-refractivity contribution in [2.75, 3.05) is 18.6 Å². The van der Waals surface area contributed by atoms with E-state index in [9.17, 15) is 0 Å². The van der Waals surface area contributed by atoms with Gasteiger partial charge in [-0.1, -0.05) is 19.9 Å². The molecule has 0 radical (unpaired) electrons. The molecule has 0 amide bonds. The van der Waals surface area contributed by atoms with Crippen molar-refractivity contribution in [3.05, 3.63) is 23.8 Å². The zero-order valence-electron chi connectivity index (χ0n) is 10.6. The van der Waals surface area contributed by atoms with Gasteiger partial charge in [0.2, 0.25) is 0 Å². The quantitative estimate of drug-likeness (QED) is 0.783. The molecule has 1 aliphatic rings. The number of nitrogens with zero attached hydrogens (tertiary/aromatic N) is 2. The lowest BCUT2D eigenvalue weighted by Gasteiger charge is -2.35. The summed E-state index contributed by atoms with van der Waals surface area (Å²) in [4.78, 5) is 2.16. The third-order valence-electron chi connectivity index (χ3n) is 3.34. The van der Waals surface area contributed by atoms with E-state index in [1.165, 1.54) is 5.56 Å². The number of ether oxygens (including phenoxy) is 1. The molecule has 1 aromatic rings. The minimum Gasteiger partial charge on any atom is -0.489 e. The molecule has 1 heterocycles. The van der Waals surface area contributed by atoms with E-state index >= 15 is 0 Å². The maximum atomic E-state index is 8.79. The summed E-state index contributed by atoms with van der Waals surface area (Å²) in [5, 5.41) is 8.79. The molecule has 17 heavy (non-hydrogen) atoms. The Labute approximate surface area is 103 Å². The van der Waals surface area contributed by atoms with Gasteiger partial charge in [-0.2, -0.15) is 5.26 Å². The van der Waals surface area contributed by atoms with E-state index in [0.717, 1.165) is 11.4 Å². The van der Waals surface area contributed by atoms with E-state index in [2.05, 4.69) is 36.9 Å². The monoisotopic (exact) mass is 230 g/mol. The summed E-state index contributed by atoms with van der Waals surface area (Å²) in [5.41, 5.74) is 2.40. The molecule has 3 heteroatoms. The smallest absolute Gasteiger partial charge is 0.142 e. The summed E-state index contributed by atoms with van der Waals surface area (Å²) < 4.78 is 5.70. The van der Waals surface area contributed by atoms with Crippen molar-refractivity contribution in [3.63, 3.8) is 0 Å². The summed E-state index contributed by atoms with van der Waals surface area (Å²) in [6, 6.07) is 8.69. The van der Waals surface area contributed by atoms with E-state index in [-0.39, 0.29) is 6.04 Å². The summed E-state index contributed by atoms with van der Waals surface area (Å²) >= 11 is 0. The van der Waals surface area contributed by atoms with Gasteiger partial charge < -0.3 is 9.64 Å². The Hall–Kier alpha value is -1.69. The molecule has 0 aliphatic carbocycles. The predicted molar refractivity (Wildman–Crippen MR) is 68.4 cm³/mol. The summed E-state index contributed by atoms with van der Waals surface area (Å²) in [6.45, 7) is 4.95. The molecule has 0 spiro atoms. The van der Waals surface area contributed by atoms with Crippen LogP contribution < -0.4 is 9.64 Å². The fourth-order valence-electron chi connectivity index (χ4n) is 2.09. The predicted octanol–water partition coefficient (Wildman–Crippen LogP) is 2.92. The van der Waals surface area contributed by atoms with Crippen LogP contribution in [0.5, 0.6) is 5.75 Å². The highest BCUT2D eigenvalue weighted by molar-refractivity contribution is 5.62. The highest BCUT2D eigenvalue weighted by Gasteiger charge is 2.24. The molecule has 90 valence electrons. The van der Waals surface area contributed by atoms with Crippen LogP contribution in [0.25, 0.3) is 0 Å². The van der Waals surface area contributed by atoms with Crippen LogP contribution in [-0.2, 0) is 0 Å². The molecular formula is C14H18N2O. The number of hydrogen-bond donors (Lipinski definition) is 0. The number of benzene rings is 1. The molecule has 2 rings (SSSR count). The van der Waals surface area contributed by atoms with Crippen LogP contribution in [0.15, 0.2) is 18.2 Å². The molecule has 1 aliphatic heterocycles. The van der Waals surface area contributed by atoms with Crippen molar-refractivity contribution in [2.24, 2.45) is 0 Å². The molecule has 0 saturated heterocycles. The average molecular weight is 230 g/mol. The van der Waals surface area contributed by atoms with Gasteiger partial charge in [-0.3, -0.25) is 0 Å². The number of rotatable bonds is 2. The summed E-state index contributed by atoms with van der Waals surface area (Å²) in [6.07, 6.45) is 0.502. The maximum Gasteiger partial charge on any atom is 0.142 e. The third-order valence-corrected chi connectivity index (χ3v) is 3.34. The molecule has 1 atom stereocenters. The van der Waals surface area contributed by atoms with Gasteiger partial charge in [-0.05, 0) is 23.6 Å². The molecule has 0 fully saturated rings. The van der Waals surface area contributed by atoms with Crippen LogP contribution in [0.3, 0.4) is 0 Å². The second-order valence-electron chi connectivity index (χ2n) is 4.82. The first kappa shape index (κ1) is 11.8. The van der Waals surface area contributed by atoms with Gasteiger partial charge in [0.05, 0.1) is 24.2 Å². The van der Waals surface area contributed by atoms with Gasteiger partial charge in [-0.25, -0.2) is 0 Å². The molecule has 0 bridgehead atoms. The number of fused-ring (bicyclic) bond motifs is 1. The van der Waals surface area contributed by atoms with Crippen molar-refractivity contribution in [2.45, 2.75) is 32.2 Å². The summed E-state index contributed by atoms with van der Waals surface area (Å²) in [5.74, 6) is 1.43. The van der Waals surface area contributed by atoms with Gasteiger partial charge in [-0.15, -0.1) is 0 Å². The lowest BCUT2D eigenvalue weighted by molar-refractivity contribution is 0.268. The number of hydrogen-bond acceptors (Lipinski definition) is 3. The number of anilines is 1. The van der Waals surface area contributed by atoms with E-state index in [1.807, 2.05) is 13.1 Å². The fraction of sp³-hybridized carbons (Fsp3) is 0.500. The zero-order valence-corrected chi connectivity index (χ0v) is 10.6. The van der Waals surface area contributed by atoms with Crippen molar-refractivity contribution >= 4 is 5.69 Å². The Morgan fingerprint density at radius 3 is 2.94 bits per heavy atom. The van der Waals surface area contributed by atoms with Crippen molar-refractivity contribution in [1.29, 1.82) is 5.26 Å². The van der Waals surface area contributed by atoms with Crippen LogP contribution in [0.1, 0.15) is 31.7 Å². The first-order valence-corrected chi connectivity index (χ1v) is 6.00. The number of likely N-dealkylation sites (N-methyl/N-ethyl adjacent to an activating group) is 1. The van der Waals surface area contributed by atoms with E-state index in [4.69, 9.17) is 10.00 Å². The zero-order chi connectivity index (χ0) is 12.4. The third kappa shape index (κ3) is 2.21. The summed E-state index contributed by atoms with van der Waals surface area (Å²) in [7, 11) is 2.04. The van der Waals surface area contributed by atoms with Crippen LogP contribution in [-0.4, -0.2) is 19.7 Å². The lowest BCUT2D eigenvalue weighted by atomic mass is 10.0. The van der Waals surface area contributed by atoms with Crippen molar-refractivity contribution in [3.8, 4) is 11.8 Å². The largest absolute Gasteiger partial charge is 0.489 e. The lowest BCUT2D eigenvalue weighted by Crippen LogP contribution is -2.40. The normalized spacial score (nSPS) is 18.5. The van der Waals surface area contributed by atoms with Gasteiger partial charge in [0.15, 0.2) is 0 Å². The maximum absolute atomic E-state index is 8.79. The van der Waals surface area contributed by atoms with Crippen LogP contribution in [0, 0.1) is 11.3 Å². The molecule has 1 unspecified atom stereocenters. The fourth-order valence-corrected chi connectivity index (χ4v) is 2.09. The average Bonchev–Trinajstić information content (AvgIpc) is 2.32. The first-order valence-electron chi connectivity index (χ1n) is 6.00. The van der Waals surface area contributed by atoms with Crippen LogP contribution in [0.2, 0.25) is 0 Å². The second-order valence-corrected chi connectivity index (χ2v) is 4.82. The van der Waals surface area contributed by atoms with E-state index < -0.39 is 0 Å². The molecule has 0 aromatic heterocycles. The van der Waals surface area contributed by atoms with E-state index in [1.54, 1.807) is 0 Å². The van der Waals surface area contributed by atoms with E-state index in [0.29, 0.717) is 18.9 Å². The first-order chi connectivity index (χ1) is 8.13. The second kappa shape index (κ2) is 4.67. The Morgan fingerprint density at radius 1 is 1.53 bits per heavy atom. The Bertz CT molecular complexity index is 448. The topological polar surface area (TPSA) is 36.3 Å². The van der Waals surface area contributed by atoms with Crippen molar-refractivity contribution < 1.29 is 4.74 Å². The van der Waals surface area contributed by atoms with Gasteiger partial charge in [0, 0.05) is 7.05 Å². The van der Waals surface area contributed by atoms with Crippen LogP contribution in [0.4, 0.5) is 5.69 Å². The van der Waals surface area contributed by atoms with Crippen molar-refractivity contribution in [1.82, 2.24) is 0 Å². The minimum atomic E-state index is 0.162. The SMILES string of the molecule is CC(C)c1ccc2c(c1)N(C)C(CC#N)CO2. The standard InChI is InChI=1S/C14H18N2O/c1-10(2)11-4-5-14-13(8-11)16(3)12(6-7-15)9-17-14/h4-5,8,10,12H,6,9H2,1-3H3. The Kier molecular flexibility index (Phi) is 3.23. The molecule has 3 nitrogen and oxygen atoms in total. The highest BCUT2D eigenvalue weighted by atomic mass is 16.5. The van der Waals surface area contributed by atoms with Gasteiger partial charge in [0.25, 0.3) is 0 Å². The molecule has 1 aromatic carbocycles. The van der Waals surface area contributed by atoms with Gasteiger partial charge in [0.1, 0.15) is 12.4 Å². The molecule has 0 saturated carbocycles. The highest BCUT2D eigenvalue weighted by Crippen LogP contribution is 2.35. The number of nitriles is 1. The Balaban J connectivity index is 2.33.